The summed E-state index contributed by atoms with van der Waals surface area (Å²) in [5, 5.41) is 6.89. The van der Waals surface area contributed by atoms with E-state index in [0.717, 1.165) is 38.6 Å². The lowest BCUT2D eigenvalue weighted by atomic mass is 10.1. The number of carbonyl (C=O) groups is 1. The SMILES string of the molecule is CCCN1CCC(CNC(=NCC2CC(=O)N(CCc3ccccc3)C2)NCC)C1.I. The van der Waals surface area contributed by atoms with Gasteiger partial charge in [0.25, 0.3) is 0 Å². The van der Waals surface area contributed by atoms with Crippen molar-refractivity contribution in [3.05, 3.63) is 35.9 Å². The standard InChI is InChI=1S/C24H39N5O.HI/c1-3-12-28-13-10-21(18-28)16-26-24(25-4-2)27-17-22-15-23(30)29(19-22)14-11-20-8-6-5-7-9-20;/h5-9,21-22H,3-4,10-19H2,1-2H3,(H2,25,26,27);1H. The molecular weight excluding hydrogens is 501 g/mol. The third-order valence-corrected chi connectivity index (χ3v) is 6.13. The van der Waals surface area contributed by atoms with E-state index >= 15 is 0 Å². The maximum atomic E-state index is 12.4. The van der Waals surface area contributed by atoms with E-state index in [1.54, 1.807) is 0 Å². The zero-order chi connectivity index (χ0) is 21.2. The van der Waals surface area contributed by atoms with Gasteiger partial charge in [-0.3, -0.25) is 9.79 Å². The maximum absolute atomic E-state index is 12.4. The van der Waals surface area contributed by atoms with E-state index in [-0.39, 0.29) is 29.9 Å². The van der Waals surface area contributed by atoms with Crippen molar-refractivity contribution in [3.63, 3.8) is 0 Å². The van der Waals surface area contributed by atoms with E-state index < -0.39 is 0 Å². The third kappa shape index (κ3) is 8.60. The number of hydrogen-bond acceptors (Lipinski definition) is 3. The van der Waals surface area contributed by atoms with Crippen LogP contribution in [0.5, 0.6) is 0 Å². The Morgan fingerprint density at radius 3 is 2.65 bits per heavy atom. The molecule has 0 aromatic heterocycles. The van der Waals surface area contributed by atoms with Crippen LogP contribution in [0.25, 0.3) is 0 Å². The van der Waals surface area contributed by atoms with Gasteiger partial charge in [0.05, 0.1) is 0 Å². The largest absolute Gasteiger partial charge is 0.357 e. The number of rotatable bonds is 10. The molecule has 31 heavy (non-hydrogen) atoms. The smallest absolute Gasteiger partial charge is 0.223 e. The number of amides is 1. The number of carbonyl (C=O) groups excluding carboxylic acids is 1. The Morgan fingerprint density at radius 2 is 1.90 bits per heavy atom. The summed E-state index contributed by atoms with van der Waals surface area (Å²) >= 11 is 0. The van der Waals surface area contributed by atoms with Crippen molar-refractivity contribution in [2.45, 2.75) is 39.5 Å². The van der Waals surface area contributed by atoms with Crippen molar-refractivity contribution in [1.29, 1.82) is 0 Å². The number of benzene rings is 1. The molecule has 3 rings (SSSR count). The summed E-state index contributed by atoms with van der Waals surface area (Å²) in [6.45, 7) is 12.1. The first-order chi connectivity index (χ1) is 14.7. The predicted molar refractivity (Wildman–Crippen MR) is 139 cm³/mol. The second-order valence-corrected chi connectivity index (χ2v) is 8.70. The Hall–Kier alpha value is -1.35. The van der Waals surface area contributed by atoms with Crippen LogP contribution in [0.3, 0.4) is 0 Å². The fraction of sp³-hybridized carbons (Fsp3) is 0.667. The molecule has 0 spiro atoms. The first-order valence-electron chi connectivity index (χ1n) is 11.7. The molecule has 1 amide bonds. The summed E-state index contributed by atoms with van der Waals surface area (Å²) < 4.78 is 0. The van der Waals surface area contributed by atoms with Gasteiger partial charge in [0, 0.05) is 51.6 Å². The second kappa shape index (κ2) is 13.9. The minimum atomic E-state index is 0. The summed E-state index contributed by atoms with van der Waals surface area (Å²) in [6, 6.07) is 10.4. The van der Waals surface area contributed by atoms with Crippen LogP contribution < -0.4 is 10.6 Å². The predicted octanol–water partition coefficient (Wildman–Crippen LogP) is 2.98. The Kier molecular flexibility index (Phi) is 11.6. The Morgan fingerprint density at radius 1 is 1.10 bits per heavy atom. The molecule has 2 N–H and O–H groups in total. The minimum Gasteiger partial charge on any atom is -0.357 e. The van der Waals surface area contributed by atoms with Gasteiger partial charge in [-0.25, -0.2) is 0 Å². The first kappa shape index (κ1) is 25.9. The van der Waals surface area contributed by atoms with Crippen molar-refractivity contribution < 1.29 is 4.79 Å². The summed E-state index contributed by atoms with van der Waals surface area (Å²) in [6.07, 6.45) is 4.03. The number of guanidine groups is 1. The molecule has 2 aliphatic rings. The zero-order valence-corrected chi connectivity index (χ0v) is 21.5. The van der Waals surface area contributed by atoms with Gasteiger partial charge < -0.3 is 20.4 Å². The van der Waals surface area contributed by atoms with Crippen LogP contribution >= 0.6 is 24.0 Å². The average molecular weight is 542 g/mol. The molecule has 7 heteroatoms. The summed E-state index contributed by atoms with van der Waals surface area (Å²) in [4.78, 5) is 21.8. The molecule has 0 bridgehead atoms. The van der Waals surface area contributed by atoms with E-state index in [2.05, 4.69) is 53.6 Å². The molecule has 1 aromatic rings. The Labute approximate surface area is 205 Å². The van der Waals surface area contributed by atoms with Crippen molar-refractivity contribution in [2.24, 2.45) is 16.8 Å². The summed E-state index contributed by atoms with van der Waals surface area (Å²) in [7, 11) is 0. The molecule has 2 saturated heterocycles. The quantitative estimate of drug-likeness (QED) is 0.272. The van der Waals surface area contributed by atoms with E-state index in [9.17, 15) is 4.79 Å². The van der Waals surface area contributed by atoms with Gasteiger partial charge in [0.15, 0.2) is 5.96 Å². The van der Waals surface area contributed by atoms with Gasteiger partial charge in [0.1, 0.15) is 0 Å². The molecule has 0 aliphatic carbocycles. The van der Waals surface area contributed by atoms with Gasteiger partial charge in [-0.2, -0.15) is 0 Å². The summed E-state index contributed by atoms with van der Waals surface area (Å²) in [5.41, 5.74) is 1.29. The number of aliphatic imine (C=N–C) groups is 1. The highest BCUT2D eigenvalue weighted by atomic mass is 127. The van der Waals surface area contributed by atoms with Crippen LogP contribution in [0.2, 0.25) is 0 Å². The van der Waals surface area contributed by atoms with E-state index in [0.29, 0.717) is 24.8 Å². The van der Waals surface area contributed by atoms with Crippen molar-refractivity contribution in [2.75, 3.05) is 52.4 Å². The molecule has 0 radical (unpaired) electrons. The first-order valence-corrected chi connectivity index (χ1v) is 11.7. The monoisotopic (exact) mass is 541 g/mol. The highest BCUT2D eigenvalue weighted by molar-refractivity contribution is 14.0. The molecular formula is C24H40IN5O. The number of halogens is 1. The maximum Gasteiger partial charge on any atom is 0.223 e. The van der Waals surface area contributed by atoms with Crippen LogP contribution in [0.1, 0.15) is 38.7 Å². The van der Waals surface area contributed by atoms with Crippen LogP contribution in [-0.4, -0.2) is 74.0 Å². The number of nitrogens with zero attached hydrogens (tertiary/aromatic N) is 3. The normalized spacial score (nSPS) is 21.9. The lowest BCUT2D eigenvalue weighted by Gasteiger charge is -2.18. The lowest BCUT2D eigenvalue weighted by molar-refractivity contribution is -0.127. The third-order valence-electron chi connectivity index (χ3n) is 6.13. The fourth-order valence-electron chi connectivity index (χ4n) is 4.50. The molecule has 2 fully saturated rings. The van der Waals surface area contributed by atoms with E-state index in [4.69, 9.17) is 4.99 Å². The Bertz CT molecular complexity index is 684. The molecule has 0 saturated carbocycles. The van der Waals surface area contributed by atoms with E-state index in [1.165, 1.54) is 38.0 Å². The van der Waals surface area contributed by atoms with Crippen LogP contribution in [0.15, 0.2) is 35.3 Å². The second-order valence-electron chi connectivity index (χ2n) is 8.70. The van der Waals surface area contributed by atoms with Gasteiger partial charge >= 0.3 is 0 Å². The molecule has 2 heterocycles. The van der Waals surface area contributed by atoms with Gasteiger partial charge in [-0.1, -0.05) is 37.3 Å². The van der Waals surface area contributed by atoms with Gasteiger partial charge in [-0.05, 0) is 50.8 Å². The highest BCUT2D eigenvalue weighted by Crippen LogP contribution is 2.19. The summed E-state index contributed by atoms with van der Waals surface area (Å²) in [5.74, 6) is 2.17. The molecule has 2 unspecified atom stereocenters. The van der Waals surface area contributed by atoms with Crippen LogP contribution in [0, 0.1) is 11.8 Å². The number of nitrogens with one attached hydrogen (secondary N) is 2. The average Bonchev–Trinajstić information content (AvgIpc) is 3.35. The minimum absolute atomic E-state index is 0. The van der Waals surface area contributed by atoms with Crippen molar-refractivity contribution >= 4 is 35.8 Å². The molecule has 2 aliphatic heterocycles. The zero-order valence-electron chi connectivity index (χ0n) is 19.2. The van der Waals surface area contributed by atoms with Gasteiger partial charge in [0.2, 0.25) is 5.91 Å². The van der Waals surface area contributed by atoms with Crippen molar-refractivity contribution in [1.82, 2.24) is 20.4 Å². The van der Waals surface area contributed by atoms with E-state index in [1.807, 2.05) is 11.0 Å². The van der Waals surface area contributed by atoms with Crippen LogP contribution in [-0.2, 0) is 11.2 Å². The molecule has 2 atom stereocenters. The van der Waals surface area contributed by atoms with Gasteiger partial charge in [-0.15, -0.1) is 24.0 Å². The van der Waals surface area contributed by atoms with Crippen molar-refractivity contribution in [3.8, 4) is 0 Å². The van der Waals surface area contributed by atoms with Crippen LogP contribution in [0.4, 0.5) is 0 Å². The Balaban J connectivity index is 0.00000341. The molecule has 1 aromatic carbocycles. The number of hydrogen-bond donors (Lipinski definition) is 2. The lowest BCUT2D eigenvalue weighted by Crippen LogP contribution is -2.40. The fourth-order valence-corrected chi connectivity index (χ4v) is 4.50. The molecule has 6 nitrogen and oxygen atoms in total. The molecule has 174 valence electrons. The topological polar surface area (TPSA) is 60.0 Å². The number of likely N-dealkylation sites (tertiary alicyclic amines) is 2. The highest BCUT2D eigenvalue weighted by Gasteiger charge is 2.29.